The predicted octanol–water partition coefficient (Wildman–Crippen LogP) is 4.08. The molecular formula is C20H22N2O. The van der Waals surface area contributed by atoms with Gasteiger partial charge in [0, 0.05) is 25.9 Å². The van der Waals surface area contributed by atoms with Crippen molar-refractivity contribution >= 4 is 0 Å². The fourth-order valence-corrected chi connectivity index (χ4v) is 2.66. The first-order valence-electron chi connectivity index (χ1n) is 7.93. The van der Waals surface area contributed by atoms with E-state index in [0.717, 1.165) is 12.2 Å². The Morgan fingerprint density at radius 3 is 2.35 bits per heavy atom. The molecule has 2 aromatic carbocycles. The van der Waals surface area contributed by atoms with Gasteiger partial charge >= 0.3 is 0 Å². The normalized spacial score (nSPS) is 12.3. The van der Waals surface area contributed by atoms with E-state index in [1.54, 1.807) is 0 Å². The molecule has 1 atom stereocenters. The highest BCUT2D eigenvalue weighted by molar-refractivity contribution is 5.31. The maximum atomic E-state index is 6.23. The zero-order valence-corrected chi connectivity index (χ0v) is 13.6. The Hall–Kier alpha value is -2.39. The van der Waals surface area contributed by atoms with Crippen LogP contribution in [0.2, 0.25) is 0 Å². The molecule has 0 amide bonds. The van der Waals surface area contributed by atoms with Gasteiger partial charge in [0.15, 0.2) is 0 Å². The summed E-state index contributed by atoms with van der Waals surface area (Å²) in [5, 5.41) is 0. The van der Waals surface area contributed by atoms with E-state index >= 15 is 0 Å². The quantitative estimate of drug-likeness (QED) is 0.686. The van der Waals surface area contributed by atoms with Crippen LogP contribution >= 0.6 is 0 Å². The second-order valence-electron chi connectivity index (χ2n) is 5.78. The van der Waals surface area contributed by atoms with Gasteiger partial charge < -0.3 is 9.30 Å². The Bertz CT molecular complexity index is 732. The van der Waals surface area contributed by atoms with Crippen molar-refractivity contribution in [3.05, 3.63) is 89.5 Å². The Balaban J connectivity index is 1.75. The third-order valence-corrected chi connectivity index (χ3v) is 4.01. The fraction of sp³-hybridized carbons (Fsp3) is 0.250. The lowest BCUT2D eigenvalue weighted by Crippen LogP contribution is -2.10. The van der Waals surface area contributed by atoms with Crippen molar-refractivity contribution in [2.75, 3.05) is 6.61 Å². The molecule has 0 bridgehead atoms. The Morgan fingerprint density at radius 1 is 1.00 bits per heavy atom. The monoisotopic (exact) mass is 306 g/mol. The lowest BCUT2D eigenvalue weighted by atomic mass is 10.0. The van der Waals surface area contributed by atoms with E-state index in [-0.39, 0.29) is 6.10 Å². The molecular weight excluding hydrogens is 284 g/mol. The van der Waals surface area contributed by atoms with Crippen LogP contribution in [0.5, 0.6) is 0 Å². The maximum absolute atomic E-state index is 6.23. The van der Waals surface area contributed by atoms with Gasteiger partial charge in [-0.05, 0) is 18.1 Å². The van der Waals surface area contributed by atoms with Crippen LogP contribution in [0.4, 0.5) is 0 Å². The third kappa shape index (κ3) is 3.88. The summed E-state index contributed by atoms with van der Waals surface area (Å²) in [6.07, 6.45) is 4.55. The van der Waals surface area contributed by atoms with Gasteiger partial charge in [-0.3, -0.25) is 0 Å². The lowest BCUT2D eigenvalue weighted by molar-refractivity contribution is 0.0813. The molecule has 23 heavy (non-hydrogen) atoms. The zero-order chi connectivity index (χ0) is 16.1. The number of hydrogen-bond donors (Lipinski definition) is 0. The minimum atomic E-state index is -0.0444. The van der Waals surface area contributed by atoms with E-state index < -0.39 is 0 Å². The van der Waals surface area contributed by atoms with E-state index in [9.17, 15) is 0 Å². The Kier molecular flexibility index (Phi) is 4.89. The van der Waals surface area contributed by atoms with Crippen molar-refractivity contribution in [1.82, 2.24) is 9.55 Å². The molecule has 0 saturated heterocycles. The van der Waals surface area contributed by atoms with Crippen LogP contribution in [0.3, 0.4) is 0 Å². The highest BCUT2D eigenvalue weighted by Gasteiger charge is 2.14. The van der Waals surface area contributed by atoms with Crippen LogP contribution in [-0.4, -0.2) is 16.2 Å². The summed E-state index contributed by atoms with van der Waals surface area (Å²) in [5.74, 6) is 1.04. The standard InChI is InChI=1S/C20H22N2O/c1-16-8-10-18(11-9-16)20(17-6-4-3-5-7-17)23-15-12-19-21-13-14-22(19)2/h3-11,13-14,20H,12,15H2,1-2H3. The first kappa shape index (κ1) is 15.5. The number of aromatic nitrogens is 2. The van der Waals surface area contributed by atoms with Gasteiger partial charge in [-0.25, -0.2) is 4.98 Å². The van der Waals surface area contributed by atoms with Crippen molar-refractivity contribution < 1.29 is 4.74 Å². The van der Waals surface area contributed by atoms with Crippen molar-refractivity contribution in [1.29, 1.82) is 0 Å². The van der Waals surface area contributed by atoms with E-state index in [4.69, 9.17) is 4.74 Å². The SMILES string of the molecule is Cc1ccc(C(OCCc2nccn2C)c2ccccc2)cc1. The molecule has 3 heteroatoms. The number of ether oxygens (including phenoxy) is 1. The molecule has 0 spiro atoms. The van der Waals surface area contributed by atoms with E-state index in [0.29, 0.717) is 6.61 Å². The minimum Gasteiger partial charge on any atom is -0.368 e. The first-order chi connectivity index (χ1) is 11.2. The molecule has 1 aromatic heterocycles. The minimum absolute atomic E-state index is 0.0444. The number of hydrogen-bond acceptors (Lipinski definition) is 2. The first-order valence-corrected chi connectivity index (χ1v) is 7.93. The van der Waals surface area contributed by atoms with Crippen molar-refractivity contribution in [2.45, 2.75) is 19.4 Å². The molecule has 0 aliphatic heterocycles. The zero-order valence-electron chi connectivity index (χ0n) is 13.6. The lowest BCUT2D eigenvalue weighted by Gasteiger charge is -2.19. The molecule has 3 nitrogen and oxygen atoms in total. The topological polar surface area (TPSA) is 27.1 Å². The van der Waals surface area contributed by atoms with Gasteiger partial charge in [-0.2, -0.15) is 0 Å². The van der Waals surface area contributed by atoms with E-state index in [1.807, 2.05) is 30.1 Å². The molecule has 3 rings (SSSR count). The van der Waals surface area contributed by atoms with Crippen molar-refractivity contribution in [3.63, 3.8) is 0 Å². The van der Waals surface area contributed by atoms with Crippen LogP contribution < -0.4 is 0 Å². The third-order valence-electron chi connectivity index (χ3n) is 4.01. The summed E-state index contributed by atoms with van der Waals surface area (Å²) in [6.45, 7) is 2.74. The molecule has 0 N–H and O–H groups in total. The van der Waals surface area contributed by atoms with Crippen LogP contribution in [0, 0.1) is 6.92 Å². The van der Waals surface area contributed by atoms with Crippen LogP contribution in [-0.2, 0) is 18.2 Å². The van der Waals surface area contributed by atoms with Crippen LogP contribution in [0.1, 0.15) is 28.6 Å². The Morgan fingerprint density at radius 2 is 1.70 bits per heavy atom. The number of imidazole rings is 1. The smallest absolute Gasteiger partial charge is 0.110 e. The predicted molar refractivity (Wildman–Crippen MR) is 92.3 cm³/mol. The van der Waals surface area contributed by atoms with Crippen LogP contribution in [0.25, 0.3) is 0 Å². The maximum Gasteiger partial charge on any atom is 0.110 e. The average Bonchev–Trinajstić information content (AvgIpc) is 2.99. The van der Waals surface area contributed by atoms with Gasteiger partial charge in [0.25, 0.3) is 0 Å². The number of nitrogens with zero attached hydrogens (tertiary/aromatic N) is 2. The molecule has 118 valence electrons. The molecule has 0 aliphatic carbocycles. The van der Waals surface area contributed by atoms with Gasteiger partial charge in [0.1, 0.15) is 11.9 Å². The van der Waals surface area contributed by atoms with Crippen molar-refractivity contribution in [3.8, 4) is 0 Å². The van der Waals surface area contributed by atoms with Gasteiger partial charge in [-0.15, -0.1) is 0 Å². The molecule has 3 aromatic rings. The second kappa shape index (κ2) is 7.25. The summed E-state index contributed by atoms with van der Waals surface area (Å²) in [6, 6.07) is 18.9. The summed E-state index contributed by atoms with van der Waals surface area (Å²) in [5.41, 5.74) is 3.62. The van der Waals surface area contributed by atoms with E-state index in [2.05, 4.69) is 60.4 Å². The summed E-state index contributed by atoms with van der Waals surface area (Å²) in [4.78, 5) is 4.35. The van der Waals surface area contributed by atoms with Gasteiger partial charge in [0.2, 0.25) is 0 Å². The van der Waals surface area contributed by atoms with Crippen LogP contribution in [0.15, 0.2) is 67.0 Å². The van der Waals surface area contributed by atoms with Gasteiger partial charge in [0.05, 0.1) is 6.61 Å². The average molecular weight is 306 g/mol. The molecule has 0 fully saturated rings. The summed E-state index contributed by atoms with van der Waals surface area (Å²) < 4.78 is 8.26. The number of aryl methyl sites for hydroxylation is 2. The highest BCUT2D eigenvalue weighted by Crippen LogP contribution is 2.26. The molecule has 0 aliphatic rings. The molecule has 0 radical (unpaired) electrons. The fourth-order valence-electron chi connectivity index (χ4n) is 2.66. The van der Waals surface area contributed by atoms with Gasteiger partial charge in [-0.1, -0.05) is 60.2 Å². The summed E-state index contributed by atoms with van der Waals surface area (Å²) in [7, 11) is 2.01. The van der Waals surface area contributed by atoms with E-state index in [1.165, 1.54) is 16.7 Å². The Labute approximate surface area is 137 Å². The second-order valence-corrected chi connectivity index (χ2v) is 5.78. The molecule has 1 unspecified atom stereocenters. The molecule has 0 saturated carbocycles. The highest BCUT2D eigenvalue weighted by atomic mass is 16.5. The number of benzene rings is 2. The largest absolute Gasteiger partial charge is 0.368 e. The van der Waals surface area contributed by atoms with Crippen molar-refractivity contribution in [2.24, 2.45) is 7.05 Å². The molecule has 1 heterocycles. The number of rotatable bonds is 6. The summed E-state index contributed by atoms with van der Waals surface area (Å²) >= 11 is 0.